The molecule has 164 valence electrons. The van der Waals surface area contributed by atoms with E-state index in [2.05, 4.69) is 6.92 Å². The summed E-state index contributed by atoms with van der Waals surface area (Å²) in [6.07, 6.45) is 4.97. The van der Waals surface area contributed by atoms with Crippen LogP contribution >= 0.6 is 0 Å². The van der Waals surface area contributed by atoms with E-state index in [1.807, 2.05) is 65.2 Å². The summed E-state index contributed by atoms with van der Waals surface area (Å²) >= 11 is 0. The van der Waals surface area contributed by atoms with Gasteiger partial charge in [-0.1, -0.05) is 43.7 Å². The van der Waals surface area contributed by atoms with Gasteiger partial charge in [0.15, 0.2) is 0 Å². The summed E-state index contributed by atoms with van der Waals surface area (Å²) in [4.78, 5) is 29.5. The lowest BCUT2D eigenvalue weighted by Gasteiger charge is -2.28. The number of benzene rings is 1. The minimum atomic E-state index is -0.0395. The maximum atomic E-state index is 13.3. The normalized spacial score (nSPS) is 10.8. The summed E-state index contributed by atoms with van der Waals surface area (Å²) in [6.45, 7) is 4.29. The lowest BCUT2D eigenvalue weighted by molar-refractivity contribution is -0.141. The van der Waals surface area contributed by atoms with Gasteiger partial charge in [-0.25, -0.2) is 0 Å². The number of carbonyl (C=O) groups is 2. The van der Waals surface area contributed by atoms with Gasteiger partial charge in [0.1, 0.15) is 0 Å². The molecule has 0 fully saturated rings. The highest BCUT2D eigenvalue weighted by Crippen LogP contribution is 2.12. The first-order valence-electron chi connectivity index (χ1n) is 10.7. The SMILES string of the molecule is CCCCC(=O)N(CCCOC)CC(=O)N(Cc1ccccc1)Cc1cccn1C. The molecule has 2 rings (SSSR count). The Morgan fingerprint density at radius 2 is 1.73 bits per heavy atom. The number of rotatable bonds is 13. The van der Waals surface area contributed by atoms with E-state index in [9.17, 15) is 9.59 Å². The van der Waals surface area contributed by atoms with Crippen LogP contribution in [0, 0.1) is 0 Å². The van der Waals surface area contributed by atoms with E-state index in [1.54, 1.807) is 12.0 Å². The fourth-order valence-corrected chi connectivity index (χ4v) is 3.33. The molecular formula is C24H35N3O3. The van der Waals surface area contributed by atoms with E-state index in [4.69, 9.17) is 4.74 Å². The zero-order valence-corrected chi connectivity index (χ0v) is 18.5. The minimum absolute atomic E-state index is 0.0395. The van der Waals surface area contributed by atoms with Crippen molar-refractivity contribution in [1.82, 2.24) is 14.4 Å². The number of unbranched alkanes of at least 4 members (excludes halogenated alkanes) is 1. The smallest absolute Gasteiger partial charge is 0.242 e. The summed E-state index contributed by atoms with van der Waals surface area (Å²) in [5.41, 5.74) is 2.13. The number of ether oxygens (including phenoxy) is 1. The zero-order valence-electron chi connectivity index (χ0n) is 18.5. The number of aryl methyl sites for hydroxylation is 1. The molecule has 0 aliphatic heterocycles. The van der Waals surface area contributed by atoms with Gasteiger partial charge >= 0.3 is 0 Å². The summed E-state index contributed by atoms with van der Waals surface area (Å²) in [5, 5.41) is 0. The molecule has 0 saturated heterocycles. The second-order valence-electron chi connectivity index (χ2n) is 7.61. The Bertz CT molecular complexity index is 773. The average molecular weight is 414 g/mol. The van der Waals surface area contributed by atoms with Gasteiger partial charge in [-0.2, -0.15) is 0 Å². The average Bonchev–Trinajstić information content (AvgIpc) is 3.16. The Morgan fingerprint density at radius 3 is 2.37 bits per heavy atom. The van der Waals surface area contributed by atoms with E-state index in [1.165, 1.54) is 0 Å². The van der Waals surface area contributed by atoms with E-state index in [0.29, 0.717) is 32.7 Å². The van der Waals surface area contributed by atoms with Gasteiger partial charge in [-0.05, 0) is 30.5 Å². The molecule has 0 radical (unpaired) electrons. The fraction of sp³-hybridized carbons (Fsp3) is 0.500. The molecule has 6 heteroatoms. The molecule has 30 heavy (non-hydrogen) atoms. The predicted octanol–water partition coefficient (Wildman–Crippen LogP) is 3.61. The van der Waals surface area contributed by atoms with Crippen LogP contribution in [0.3, 0.4) is 0 Å². The molecule has 0 aliphatic rings. The number of carbonyl (C=O) groups excluding carboxylic acids is 2. The summed E-state index contributed by atoms with van der Waals surface area (Å²) < 4.78 is 7.15. The van der Waals surface area contributed by atoms with Crippen molar-refractivity contribution in [2.75, 3.05) is 26.8 Å². The van der Waals surface area contributed by atoms with Crippen molar-refractivity contribution in [3.8, 4) is 0 Å². The third kappa shape index (κ3) is 7.67. The third-order valence-corrected chi connectivity index (χ3v) is 5.17. The minimum Gasteiger partial charge on any atom is -0.385 e. The van der Waals surface area contributed by atoms with Gasteiger partial charge in [0.05, 0.1) is 13.1 Å². The summed E-state index contributed by atoms with van der Waals surface area (Å²) in [6, 6.07) is 14.0. The van der Waals surface area contributed by atoms with Crippen molar-refractivity contribution in [3.05, 3.63) is 59.9 Å². The fourth-order valence-electron chi connectivity index (χ4n) is 3.33. The number of aromatic nitrogens is 1. The van der Waals surface area contributed by atoms with Gasteiger partial charge in [0, 0.05) is 52.2 Å². The number of hydrogen-bond donors (Lipinski definition) is 0. The Labute approximate surface area is 180 Å². The van der Waals surface area contributed by atoms with Crippen molar-refractivity contribution >= 4 is 11.8 Å². The first kappa shape index (κ1) is 23.7. The number of amides is 2. The molecule has 2 aromatic rings. The summed E-state index contributed by atoms with van der Waals surface area (Å²) in [5.74, 6) is 0.00199. The molecule has 0 bridgehead atoms. The Hall–Kier alpha value is -2.60. The third-order valence-electron chi connectivity index (χ3n) is 5.17. The van der Waals surface area contributed by atoms with Crippen LogP contribution < -0.4 is 0 Å². The van der Waals surface area contributed by atoms with Crippen molar-refractivity contribution in [3.63, 3.8) is 0 Å². The van der Waals surface area contributed by atoms with Crippen LogP contribution in [-0.4, -0.2) is 53.0 Å². The Kier molecular flexibility index (Phi) is 10.1. The predicted molar refractivity (Wildman–Crippen MR) is 119 cm³/mol. The van der Waals surface area contributed by atoms with Crippen LogP contribution in [0.4, 0.5) is 0 Å². The van der Waals surface area contributed by atoms with E-state index >= 15 is 0 Å². The molecule has 0 spiro atoms. The lowest BCUT2D eigenvalue weighted by Crippen LogP contribution is -2.43. The highest BCUT2D eigenvalue weighted by molar-refractivity contribution is 5.84. The van der Waals surface area contributed by atoms with Gasteiger partial charge in [-0.15, -0.1) is 0 Å². The Morgan fingerprint density at radius 1 is 0.967 bits per heavy atom. The van der Waals surface area contributed by atoms with Gasteiger partial charge < -0.3 is 19.1 Å². The zero-order chi connectivity index (χ0) is 21.8. The molecule has 0 N–H and O–H groups in total. The van der Waals surface area contributed by atoms with E-state index in [-0.39, 0.29) is 18.4 Å². The van der Waals surface area contributed by atoms with E-state index in [0.717, 1.165) is 30.5 Å². The standard InChI is InChI=1S/C24H35N3O3/c1-4-5-14-23(28)26(16-10-17-30-3)20-24(29)27(18-21-11-7-6-8-12-21)19-22-13-9-15-25(22)2/h6-9,11-13,15H,4-5,10,14,16-20H2,1-3H3. The Balaban J connectivity index is 2.13. The highest BCUT2D eigenvalue weighted by Gasteiger charge is 2.22. The summed E-state index contributed by atoms with van der Waals surface area (Å²) in [7, 11) is 3.63. The molecule has 6 nitrogen and oxygen atoms in total. The van der Waals surface area contributed by atoms with Crippen LogP contribution in [0.25, 0.3) is 0 Å². The molecule has 1 heterocycles. The first-order chi connectivity index (χ1) is 14.5. The topological polar surface area (TPSA) is 54.8 Å². The van der Waals surface area contributed by atoms with Crippen LogP contribution in [-0.2, 0) is 34.5 Å². The second-order valence-corrected chi connectivity index (χ2v) is 7.61. The van der Waals surface area contributed by atoms with Crippen LogP contribution in [0.2, 0.25) is 0 Å². The van der Waals surface area contributed by atoms with Crippen molar-refractivity contribution in [1.29, 1.82) is 0 Å². The lowest BCUT2D eigenvalue weighted by atomic mass is 10.2. The van der Waals surface area contributed by atoms with Gasteiger partial charge in [-0.3, -0.25) is 9.59 Å². The molecule has 0 unspecified atom stereocenters. The largest absolute Gasteiger partial charge is 0.385 e. The van der Waals surface area contributed by atoms with Crippen molar-refractivity contribution in [2.45, 2.75) is 45.7 Å². The van der Waals surface area contributed by atoms with E-state index < -0.39 is 0 Å². The van der Waals surface area contributed by atoms with Crippen LogP contribution in [0.15, 0.2) is 48.7 Å². The molecular weight excluding hydrogens is 378 g/mol. The van der Waals surface area contributed by atoms with Crippen molar-refractivity contribution < 1.29 is 14.3 Å². The maximum absolute atomic E-state index is 13.3. The molecule has 1 aromatic heterocycles. The molecule has 2 amide bonds. The quantitative estimate of drug-likeness (QED) is 0.472. The van der Waals surface area contributed by atoms with Crippen LogP contribution in [0.5, 0.6) is 0 Å². The molecule has 0 atom stereocenters. The molecule has 0 saturated carbocycles. The monoisotopic (exact) mass is 413 g/mol. The number of nitrogens with zero attached hydrogens (tertiary/aromatic N) is 3. The second kappa shape index (κ2) is 12.9. The maximum Gasteiger partial charge on any atom is 0.242 e. The van der Waals surface area contributed by atoms with Crippen LogP contribution in [0.1, 0.15) is 43.9 Å². The van der Waals surface area contributed by atoms with Gasteiger partial charge in [0.2, 0.25) is 11.8 Å². The van der Waals surface area contributed by atoms with Crippen molar-refractivity contribution in [2.24, 2.45) is 7.05 Å². The highest BCUT2D eigenvalue weighted by atomic mass is 16.5. The number of methoxy groups -OCH3 is 1. The number of hydrogen-bond acceptors (Lipinski definition) is 3. The molecule has 0 aliphatic carbocycles. The van der Waals surface area contributed by atoms with Gasteiger partial charge in [0.25, 0.3) is 0 Å². The first-order valence-corrected chi connectivity index (χ1v) is 10.7. The molecule has 1 aromatic carbocycles.